The summed E-state index contributed by atoms with van der Waals surface area (Å²) in [5, 5.41) is 13.4. The fourth-order valence-corrected chi connectivity index (χ4v) is 6.33. The van der Waals surface area contributed by atoms with Crippen LogP contribution in [0, 0.1) is 0 Å². The lowest BCUT2D eigenvalue weighted by molar-refractivity contribution is 0.641. The van der Waals surface area contributed by atoms with Crippen molar-refractivity contribution in [2.45, 2.75) is 0 Å². The Balaban J connectivity index is 1.34. The van der Waals surface area contributed by atoms with E-state index in [9.17, 15) is 0 Å². The molecule has 1 saturated heterocycles. The molecule has 0 N–H and O–H groups in total. The van der Waals surface area contributed by atoms with E-state index in [2.05, 4.69) is 86.4 Å². The van der Waals surface area contributed by atoms with Crippen LogP contribution < -0.4 is 9.80 Å². The van der Waals surface area contributed by atoms with Gasteiger partial charge in [-0.15, -0.1) is 5.10 Å². The molecule has 5 heterocycles. The van der Waals surface area contributed by atoms with Gasteiger partial charge in [-0.2, -0.15) is 15.2 Å². The standard InChI is InChI=1S/C17H18BrIN9P/c1-24-10-13(8-20-24)12-2-3-14-15(9-21-27(14)11-12)25-4-6-26(7-5-25)17-22-16(18)28(23-17)29-19/h2-3,8-11,29H,4-7H2,1H3. The summed E-state index contributed by atoms with van der Waals surface area (Å²) < 4.78 is 6.43. The largest absolute Gasteiger partial charge is 0.365 e. The summed E-state index contributed by atoms with van der Waals surface area (Å²) in [6.07, 6.45) is 8.43. The zero-order chi connectivity index (χ0) is 20.0. The third kappa shape index (κ3) is 3.64. The molecule has 1 atom stereocenters. The van der Waals surface area contributed by atoms with Crippen LogP contribution in [0.4, 0.5) is 11.6 Å². The number of hydrogen-bond donors (Lipinski definition) is 0. The van der Waals surface area contributed by atoms with Crippen molar-refractivity contribution in [2.75, 3.05) is 36.0 Å². The molecule has 0 aliphatic carbocycles. The van der Waals surface area contributed by atoms with Gasteiger partial charge in [-0.25, -0.2) is 8.97 Å². The SMILES string of the molecule is Cn1cc(-c2ccc3c(N4CCN(c5nc(Br)n(PI)n5)CC4)cnn3c2)cn1. The third-order valence-corrected chi connectivity index (χ3v) is 7.76. The molecule has 0 saturated carbocycles. The molecule has 1 aliphatic rings. The first-order chi connectivity index (χ1) is 14.1. The highest BCUT2D eigenvalue weighted by Gasteiger charge is 2.23. The highest BCUT2D eigenvalue weighted by molar-refractivity contribution is 14.2. The van der Waals surface area contributed by atoms with E-state index in [-0.39, 0.29) is 0 Å². The van der Waals surface area contributed by atoms with Gasteiger partial charge in [0.25, 0.3) is 0 Å². The van der Waals surface area contributed by atoms with Gasteiger partial charge in [-0.1, -0.05) is 6.07 Å². The van der Waals surface area contributed by atoms with E-state index < -0.39 is 0 Å². The van der Waals surface area contributed by atoms with E-state index in [1.54, 1.807) is 0 Å². The number of hydrogen-bond acceptors (Lipinski definition) is 6. The van der Waals surface area contributed by atoms with Gasteiger partial charge in [0.05, 0.1) is 30.0 Å². The number of aryl methyl sites for hydroxylation is 1. The first-order valence-corrected chi connectivity index (χ1v) is 13.9. The van der Waals surface area contributed by atoms with Gasteiger partial charge in [0.2, 0.25) is 10.7 Å². The van der Waals surface area contributed by atoms with Crippen LogP contribution in [-0.4, -0.2) is 60.1 Å². The Morgan fingerprint density at radius 2 is 1.79 bits per heavy atom. The number of nitrogens with zero attached hydrogens (tertiary/aromatic N) is 9. The Kier molecular flexibility index (Phi) is 5.21. The maximum absolute atomic E-state index is 4.59. The van der Waals surface area contributed by atoms with Gasteiger partial charge in [0.1, 0.15) is 0 Å². The second-order valence-electron chi connectivity index (χ2n) is 6.83. The monoisotopic (exact) mass is 585 g/mol. The Morgan fingerprint density at radius 1 is 1.00 bits per heavy atom. The molecule has 1 aliphatic heterocycles. The van der Waals surface area contributed by atoms with Crippen LogP contribution in [0.1, 0.15) is 0 Å². The van der Waals surface area contributed by atoms with Gasteiger partial charge < -0.3 is 9.80 Å². The zero-order valence-electron chi connectivity index (χ0n) is 15.6. The van der Waals surface area contributed by atoms with Crippen LogP contribution in [0.15, 0.2) is 41.7 Å². The smallest absolute Gasteiger partial charge is 0.246 e. The van der Waals surface area contributed by atoms with Gasteiger partial charge in [-0.05, 0) is 44.0 Å². The van der Waals surface area contributed by atoms with Crippen molar-refractivity contribution < 1.29 is 0 Å². The van der Waals surface area contributed by atoms with Crippen molar-refractivity contribution in [1.82, 2.24) is 33.9 Å². The Morgan fingerprint density at radius 3 is 2.48 bits per heavy atom. The summed E-state index contributed by atoms with van der Waals surface area (Å²) in [5.74, 6) is 0.793. The maximum Gasteiger partial charge on any atom is 0.246 e. The number of anilines is 2. The quantitative estimate of drug-likeness (QED) is 0.271. The second-order valence-corrected chi connectivity index (χ2v) is 9.58. The molecule has 0 bridgehead atoms. The normalized spacial score (nSPS) is 15.3. The van der Waals surface area contributed by atoms with Crippen molar-refractivity contribution in [3.63, 3.8) is 0 Å². The van der Waals surface area contributed by atoms with Crippen LogP contribution >= 0.6 is 44.3 Å². The maximum atomic E-state index is 4.59. The lowest BCUT2D eigenvalue weighted by Crippen LogP contribution is -2.47. The van der Waals surface area contributed by atoms with Crippen LogP contribution in [0.3, 0.4) is 0 Å². The van der Waals surface area contributed by atoms with Crippen molar-refractivity contribution in [3.8, 4) is 11.1 Å². The molecule has 0 aromatic carbocycles. The molecular weight excluding hydrogens is 568 g/mol. The van der Waals surface area contributed by atoms with E-state index in [1.165, 1.54) is 0 Å². The molecule has 1 fully saturated rings. The summed E-state index contributed by atoms with van der Waals surface area (Å²) in [5.41, 5.74) is 4.47. The number of aromatic nitrogens is 7. The number of fused-ring (bicyclic) bond motifs is 1. The highest BCUT2D eigenvalue weighted by atomic mass is 127. The minimum Gasteiger partial charge on any atom is -0.365 e. The summed E-state index contributed by atoms with van der Waals surface area (Å²) >= 11 is 5.78. The number of pyridine rings is 1. The molecule has 5 rings (SSSR count). The number of halogens is 2. The Labute approximate surface area is 190 Å². The lowest BCUT2D eigenvalue weighted by Gasteiger charge is -2.34. The van der Waals surface area contributed by atoms with Crippen LogP contribution in [0.2, 0.25) is 0 Å². The molecule has 4 aromatic rings. The van der Waals surface area contributed by atoms with E-state index >= 15 is 0 Å². The van der Waals surface area contributed by atoms with Crippen molar-refractivity contribution >= 4 is 61.5 Å². The number of rotatable bonds is 4. The summed E-state index contributed by atoms with van der Waals surface area (Å²) in [6.45, 7) is 3.58. The summed E-state index contributed by atoms with van der Waals surface area (Å²) in [7, 11) is 1.93. The molecule has 1 unspecified atom stereocenters. The van der Waals surface area contributed by atoms with Gasteiger partial charge in [0.15, 0.2) is 0 Å². The Hall–Kier alpha value is -1.72. The second kappa shape index (κ2) is 7.84. The molecule has 0 spiro atoms. The molecule has 0 radical (unpaired) electrons. The van der Waals surface area contributed by atoms with Crippen LogP contribution in [-0.2, 0) is 7.05 Å². The third-order valence-electron chi connectivity index (χ3n) is 5.07. The molecule has 0 amide bonds. The lowest BCUT2D eigenvalue weighted by atomic mass is 10.1. The minimum atomic E-state index is 0.532. The van der Waals surface area contributed by atoms with Gasteiger partial charge in [-0.3, -0.25) is 4.68 Å². The molecule has 29 heavy (non-hydrogen) atoms. The molecule has 9 nitrogen and oxygen atoms in total. The van der Waals surface area contributed by atoms with Crippen LogP contribution in [0.25, 0.3) is 16.6 Å². The summed E-state index contributed by atoms with van der Waals surface area (Å²) in [6, 6.07) is 4.27. The predicted octanol–water partition coefficient (Wildman–Crippen LogP) is 3.21. The number of piperazine rings is 1. The van der Waals surface area contributed by atoms with Gasteiger partial charge >= 0.3 is 0 Å². The molecule has 150 valence electrons. The highest BCUT2D eigenvalue weighted by Crippen LogP contribution is 2.30. The van der Waals surface area contributed by atoms with E-state index in [4.69, 9.17) is 0 Å². The molecule has 4 aromatic heterocycles. The van der Waals surface area contributed by atoms with E-state index in [1.807, 2.05) is 39.3 Å². The van der Waals surface area contributed by atoms with Crippen molar-refractivity contribution in [2.24, 2.45) is 7.05 Å². The summed E-state index contributed by atoms with van der Waals surface area (Å²) in [4.78, 5) is 9.16. The van der Waals surface area contributed by atoms with Crippen molar-refractivity contribution in [1.29, 1.82) is 0 Å². The fourth-order valence-electron chi connectivity index (χ4n) is 3.57. The first-order valence-electron chi connectivity index (χ1n) is 9.08. The van der Waals surface area contributed by atoms with E-state index in [0.717, 1.165) is 59.2 Å². The minimum absolute atomic E-state index is 0.532. The average molecular weight is 586 g/mol. The zero-order valence-corrected chi connectivity index (χ0v) is 20.3. The molecular formula is C17H18BrIN9P. The first kappa shape index (κ1) is 19.3. The van der Waals surface area contributed by atoms with Crippen molar-refractivity contribution in [3.05, 3.63) is 41.7 Å². The predicted molar refractivity (Wildman–Crippen MR) is 127 cm³/mol. The van der Waals surface area contributed by atoms with Gasteiger partial charge in [0, 0.05) is 56.7 Å². The Bertz CT molecular complexity index is 1160. The van der Waals surface area contributed by atoms with Crippen LogP contribution in [0.5, 0.6) is 0 Å². The molecule has 12 heteroatoms. The average Bonchev–Trinajstić information content (AvgIpc) is 3.45. The fraction of sp³-hybridized carbons (Fsp3) is 0.294. The topological polar surface area (TPSA) is 72.3 Å². The van der Waals surface area contributed by atoms with E-state index in [0.29, 0.717) is 6.37 Å².